The average Bonchev–Trinajstić information content (AvgIpc) is 2.23. The van der Waals surface area contributed by atoms with Gasteiger partial charge >= 0.3 is 6.18 Å². The van der Waals surface area contributed by atoms with E-state index in [2.05, 4.69) is 4.74 Å². The standard InChI is InChI=1S/C12H16F3NO2/c1-8-6-11(9(2)5-10(8)16)18-4-3-17-7-12(13,14)15/h5-6H,3-4,7,16H2,1-2H3. The largest absolute Gasteiger partial charge is 0.491 e. The lowest BCUT2D eigenvalue weighted by Gasteiger charge is -2.12. The number of anilines is 1. The molecule has 1 rings (SSSR count). The van der Waals surface area contributed by atoms with Crippen LogP contribution in [0.4, 0.5) is 18.9 Å². The molecule has 1 aromatic carbocycles. The van der Waals surface area contributed by atoms with Gasteiger partial charge in [0.1, 0.15) is 19.0 Å². The minimum atomic E-state index is -4.30. The Balaban J connectivity index is 2.38. The van der Waals surface area contributed by atoms with Gasteiger partial charge < -0.3 is 15.2 Å². The predicted octanol–water partition coefficient (Wildman–Crippen LogP) is 2.84. The van der Waals surface area contributed by atoms with Gasteiger partial charge in [-0.05, 0) is 37.1 Å². The van der Waals surface area contributed by atoms with E-state index in [0.29, 0.717) is 11.4 Å². The summed E-state index contributed by atoms with van der Waals surface area (Å²) in [6.07, 6.45) is -4.30. The molecule has 0 fully saturated rings. The molecule has 0 aliphatic rings. The lowest BCUT2D eigenvalue weighted by molar-refractivity contribution is -0.175. The number of ether oxygens (including phenoxy) is 2. The van der Waals surface area contributed by atoms with Gasteiger partial charge in [-0.25, -0.2) is 0 Å². The molecular weight excluding hydrogens is 247 g/mol. The molecule has 0 saturated heterocycles. The highest BCUT2D eigenvalue weighted by Gasteiger charge is 2.27. The molecule has 0 radical (unpaired) electrons. The van der Waals surface area contributed by atoms with Gasteiger partial charge in [-0.1, -0.05) is 0 Å². The van der Waals surface area contributed by atoms with Gasteiger partial charge in [0.15, 0.2) is 0 Å². The summed E-state index contributed by atoms with van der Waals surface area (Å²) in [5.41, 5.74) is 8.08. The Morgan fingerprint density at radius 3 is 2.39 bits per heavy atom. The van der Waals surface area contributed by atoms with Crippen molar-refractivity contribution in [1.29, 1.82) is 0 Å². The van der Waals surface area contributed by atoms with Crippen LogP contribution in [0.25, 0.3) is 0 Å². The van der Waals surface area contributed by atoms with E-state index >= 15 is 0 Å². The zero-order valence-corrected chi connectivity index (χ0v) is 10.3. The Labute approximate surface area is 104 Å². The molecule has 0 amide bonds. The number of halogens is 3. The third-order valence-electron chi connectivity index (χ3n) is 2.31. The molecular formula is C12H16F3NO2. The third-order valence-corrected chi connectivity index (χ3v) is 2.31. The summed E-state index contributed by atoms with van der Waals surface area (Å²) >= 11 is 0. The second-order valence-electron chi connectivity index (χ2n) is 3.99. The van der Waals surface area contributed by atoms with E-state index in [1.54, 1.807) is 12.1 Å². The fourth-order valence-electron chi connectivity index (χ4n) is 1.37. The van der Waals surface area contributed by atoms with Crippen molar-refractivity contribution in [2.45, 2.75) is 20.0 Å². The Bertz CT molecular complexity index is 405. The maximum atomic E-state index is 11.8. The first-order valence-electron chi connectivity index (χ1n) is 5.43. The number of aryl methyl sites for hydroxylation is 2. The Hall–Kier alpha value is -1.43. The summed E-state index contributed by atoms with van der Waals surface area (Å²) in [5.74, 6) is 0.609. The summed E-state index contributed by atoms with van der Waals surface area (Å²) in [4.78, 5) is 0. The van der Waals surface area contributed by atoms with Crippen LogP contribution < -0.4 is 10.5 Å². The highest BCUT2D eigenvalue weighted by molar-refractivity contribution is 5.53. The second kappa shape index (κ2) is 5.95. The van der Waals surface area contributed by atoms with Crippen molar-refractivity contribution in [3.8, 4) is 5.75 Å². The molecule has 2 N–H and O–H groups in total. The van der Waals surface area contributed by atoms with Crippen LogP contribution >= 0.6 is 0 Å². The summed E-state index contributed by atoms with van der Waals surface area (Å²) in [7, 11) is 0. The second-order valence-corrected chi connectivity index (χ2v) is 3.99. The van der Waals surface area contributed by atoms with Crippen molar-refractivity contribution in [2.75, 3.05) is 25.6 Å². The van der Waals surface area contributed by atoms with E-state index < -0.39 is 12.8 Å². The number of benzene rings is 1. The molecule has 0 aliphatic carbocycles. The van der Waals surface area contributed by atoms with E-state index in [4.69, 9.17) is 10.5 Å². The Morgan fingerprint density at radius 2 is 1.78 bits per heavy atom. The van der Waals surface area contributed by atoms with Crippen LogP contribution in [0.5, 0.6) is 5.75 Å². The minimum Gasteiger partial charge on any atom is -0.491 e. The van der Waals surface area contributed by atoms with E-state index in [1.165, 1.54) is 0 Å². The molecule has 0 unspecified atom stereocenters. The van der Waals surface area contributed by atoms with Crippen LogP contribution in [-0.4, -0.2) is 26.0 Å². The monoisotopic (exact) mass is 263 g/mol. The average molecular weight is 263 g/mol. The van der Waals surface area contributed by atoms with Crippen molar-refractivity contribution >= 4 is 5.69 Å². The molecule has 0 bridgehead atoms. The number of nitrogen functional groups attached to an aromatic ring is 1. The molecule has 3 nitrogen and oxygen atoms in total. The topological polar surface area (TPSA) is 44.5 Å². The van der Waals surface area contributed by atoms with Crippen LogP contribution in [0.15, 0.2) is 12.1 Å². The van der Waals surface area contributed by atoms with Crippen molar-refractivity contribution in [1.82, 2.24) is 0 Å². The van der Waals surface area contributed by atoms with Crippen molar-refractivity contribution < 1.29 is 22.6 Å². The summed E-state index contributed by atoms with van der Waals surface area (Å²) in [5, 5.41) is 0. The minimum absolute atomic E-state index is 0.0697. The fraction of sp³-hybridized carbons (Fsp3) is 0.500. The predicted molar refractivity (Wildman–Crippen MR) is 62.7 cm³/mol. The summed E-state index contributed by atoms with van der Waals surface area (Å²) < 4.78 is 45.1. The summed E-state index contributed by atoms with van der Waals surface area (Å²) in [6, 6.07) is 3.52. The normalized spacial score (nSPS) is 11.6. The van der Waals surface area contributed by atoms with Gasteiger partial charge in [-0.15, -0.1) is 0 Å². The SMILES string of the molecule is Cc1cc(OCCOCC(F)(F)F)c(C)cc1N. The lowest BCUT2D eigenvalue weighted by atomic mass is 10.1. The van der Waals surface area contributed by atoms with E-state index in [-0.39, 0.29) is 13.2 Å². The number of rotatable bonds is 5. The van der Waals surface area contributed by atoms with Crippen LogP contribution in [0.1, 0.15) is 11.1 Å². The van der Waals surface area contributed by atoms with Gasteiger partial charge in [0.2, 0.25) is 0 Å². The van der Waals surface area contributed by atoms with E-state index in [1.807, 2.05) is 13.8 Å². The third kappa shape index (κ3) is 4.83. The molecule has 0 aliphatic heterocycles. The smallest absolute Gasteiger partial charge is 0.411 e. The van der Waals surface area contributed by atoms with Gasteiger partial charge in [0.05, 0.1) is 6.61 Å². The van der Waals surface area contributed by atoms with Crippen LogP contribution in [0, 0.1) is 13.8 Å². The van der Waals surface area contributed by atoms with E-state index in [9.17, 15) is 13.2 Å². The van der Waals surface area contributed by atoms with Crippen molar-refractivity contribution in [2.24, 2.45) is 0 Å². The number of alkyl halides is 3. The molecule has 0 atom stereocenters. The first-order valence-corrected chi connectivity index (χ1v) is 5.43. The number of hydrogen-bond acceptors (Lipinski definition) is 3. The first-order chi connectivity index (χ1) is 8.29. The molecule has 6 heteroatoms. The molecule has 102 valence electrons. The quantitative estimate of drug-likeness (QED) is 0.656. The molecule has 0 heterocycles. The molecule has 18 heavy (non-hydrogen) atoms. The Kier molecular flexibility index (Phi) is 4.84. The summed E-state index contributed by atoms with van der Waals surface area (Å²) in [6.45, 7) is 2.36. The van der Waals surface area contributed by atoms with Crippen LogP contribution in [0.2, 0.25) is 0 Å². The highest BCUT2D eigenvalue weighted by atomic mass is 19.4. The van der Waals surface area contributed by atoms with E-state index in [0.717, 1.165) is 11.1 Å². The zero-order valence-electron chi connectivity index (χ0n) is 10.3. The molecule has 0 saturated carbocycles. The maximum absolute atomic E-state index is 11.8. The first kappa shape index (κ1) is 14.6. The van der Waals surface area contributed by atoms with Crippen molar-refractivity contribution in [3.05, 3.63) is 23.3 Å². The van der Waals surface area contributed by atoms with Gasteiger partial charge in [0, 0.05) is 5.69 Å². The molecule has 0 spiro atoms. The zero-order chi connectivity index (χ0) is 13.8. The van der Waals surface area contributed by atoms with Crippen LogP contribution in [0.3, 0.4) is 0 Å². The fourth-order valence-corrected chi connectivity index (χ4v) is 1.37. The highest BCUT2D eigenvalue weighted by Crippen LogP contribution is 2.24. The molecule has 0 aromatic heterocycles. The maximum Gasteiger partial charge on any atom is 0.411 e. The molecule has 1 aromatic rings. The Morgan fingerprint density at radius 1 is 1.11 bits per heavy atom. The number of hydrogen-bond donors (Lipinski definition) is 1. The van der Waals surface area contributed by atoms with Gasteiger partial charge in [-0.2, -0.15) is 13.2 Å². The van der Waals surface area contributed by atoms with Crippen LogP contribution in [-0.2, 0) is 4.74 Å². The van der Waals surface area contributed by atoms with Crippen molar-refractivity contribution in [3.63, 3.8) is 0 Å². The van der Waals surface area contributed by atoms with Gasteiger partial charge in [0.25, 0.3) is 0 Å². The number of nitrogens with two attached hydrogens (primary N) is 1. The van der Waals surface area contributed by atoms with Gasteiger partial charge in [-0.3, -0.25) is 0 Å². The lowest BCUT2D eigenvalue weighted by Crippen LogP contribution is -2.19.